The fraction of sp³-hybridized carbons (Fsp3) is 0.533. The molecule has 0 radical (unpaired) electrons. The fourth-order valence-corrected chi connectivity index (χ4v) is 3.48. The van der Waals surface area contributed by atoms with Crippen molar-refractivity contribution in [3.63, 3.8) is 0 Å². The summed E-state index contributed by atoms with van der Waals surface area (Å²) in [6.07, 6.45) is 3.00. The molecule has 1 fully saturated rings. The second kappa shape index (κ2) is 6.02. The number of nitro groups is 1. The van der Waals surface area contributed by atoms with Gasteiger partial charge in [-0.2, -0.15) is 0 Å². The first-order valence-corrected chi connectivity index (χ1v) is 7.42. The van der Waals surface area contributed by atoms with E-state index in [2.05, 4.69) is 0 Å². The van der Waals surface area contributed by atoms with Crippen molar-refractivity contribution < 1.29 is 14.8 Å². The summed E-state index contributed by atoms with van der Waals surface area (Å²) in [5, 5.41) is 21.1. The maximum absolute atomic E-state index is 11.8. The number of hydrogen-bond donors (Lipinski definition) is 1. The Morgan fingerprint density at radius 1 is 1.57 bits per heavy atom. The summed E-state index contributed by atoms with van der Waals surface area (Å²) < 4.78 is 0. The Hall–Kier alpha value is -1.62. The van der Waals surface area contributed by atoms with E-state index >= 15 is 0 Å². The Balaban J connectivity index is 2.39. The maximum Gasteiger partial charge on any atom is 0.309 e. The topological polar surface area (TPSA) is 80.4 Å². The van der Waals surface area contributed by atoms with Crippen molar-refractivity contribution in [1.29, 1.82) is 0 Å². The highest BCUT2D eigenvalue weighted by atomic mass is 35.5. The van der Waals surface area contributed by atoms with Crippen LogP contribution in [0.1, 0.15) is 38.2 Å². The lowest BCUT2D eigenvalue weighted by Crippen LogP contribution is -2.31. The molecule has 0 spiro atoms. The van der Waals surface area contributed by atoms with Crippen molar-refractivity contribution in [2.75, 3.05) is 0 Å². The van der Waals surface area contributed by atoms with Crippen LogP contribution in [-0.4, -0.2) is 16.0 Å². The number of rotatable bonds is 5. The molecule has 0 aromatic heterocycles. The second-order valence-electron chi connectivity index (χ2n) is 5.77. The molecule has 0 bridgehead atoms. The molecule has 1 N–H and O–H groups in total. The van der Waals surface area contributed by atoms with E-state index in [1.54, 1.807) is 6.07 Å². The van der Waals surface area contributed by atoms with Crippen LogP contribution in [0.5, 0.6) is 0 Å². The highest BCUT2D eigenvalue weighted by molar-refractivity contribution is 6.31. The fourth-order valence-electron chi connectivity index (χ4n) is 3.25. The Labute approximate surface area is 128 Å². The van der Waals surface area contributed by atoms with Crippen LogP contribution in [0.2, 0.25) is 5.02 Å². The summed E-state index contributed by atoms with van der Waals surface area (Å²) in [6, 6.07) is 4.47. The molecule has 1 aromatic carbocycles. The minimum atomic E-state index is -0.934. The molecule has 114 valence electrons. The zero-order chi connectivity index (χ0) is 15.6. The van der Waals surface area contributed by atoms with Gasteiger partial charge in [0.05, 0.1) is 15.4 Å². The van der Waals surface area contributed by atoms with Crippen LogP contribution in [0.15, 0.2) is 18.2 Å². The van der Waals surface area contributed by atoms with E-state index in [-0.39, 0.29) is 17.1 Å². The van der Waals surface area contributed by atoms with E-state index in [0.717, 1.165) is 12.8 Å². The third kappa shape index (κ3) is 3.02. The number of aliphatic carboxylic acids is 1. The molecule has 21 heavy (non-hydrogen) atoms. The molecule has 5 nitrogen and oxygen atoms in total. The number of carboxylic acids is 1. The molecule has 0 heterocycles. The Morgan fingerprint density at radius 2 is 2.29 bits per heavy atom. The number of nitrogens with zero attached hydrogens (tertiary/aromatic N) is 1. The molecule has 2 atom stereocenters. The number of hydrogen-bond acceptors (Lipinski definition) is 3. The van der Waals surface area contributed by atoms with Gasteiger partial charge in [0.1, 0.15) is 0 Å². The van der Waals surface area contributed by atoms with Gasteiger partial charge in [-0.3, -0.25) is 14.9 Å². The molecule has 6 heteroatoms. The number of nitro benzene ring substituents is 1. The third-order valence-corrected chi connectivity index (χ3v) is 4.90. The van der Waals surface area contributed by atoms with Gasteiger partial charge in [0, 0.05) is 11.6 Å². The molecule has 0 saturated heterocycles. The lowest BCUT2D eigenvalue weighted by atomic mass is 9.78. The maximum atomic E-state index is 11.8. The zero-order valence-corrected chi connectivity index (χ0v) is 12.6. The molecule has 0 aliphatic heterocycles. The predicted molar refractivity (Wildman–Crippen MR) is 79.5 cm³/mol. The quantitative estimate of drug-likeness (QED) is 0.656. The minimum Gasteiger partial charge on any atom is -0.481 e. The largest absolute Gasteiger partial charge is 0.481 e. The molecule has 0 amide bonds. The van der Waals surface area contributed by atoms with Crippen molar-refractivity contribution in [3.8, 4) is 0 Å². The van der Waals surface area contributed by atoms with E-state index in [1.165, 1.54) is 12.1 Å². The molecule has 1 aliphatic rings. The van der Waals surface area contributed by atoms with Gasteiger partial charge in [0.15, 0.2) is 0 Å². The lowest BCUT2D eigenvalue weighted by Gasteiger charge is -2.24. The first-order chi connectivity index (χ1) is 9.89. The first kappa shape index (κ1) is 15.8. The van der Waals surface area contributed by atoms with Crippen LogP contribution >= 0.6 is 11.6 Å². The number of carbonyl (C=O) groups is 1. The summed E-state index contributed by atoms with van der Waals surface area (Å²) >= 11 is 6.09. The standard InChI is InChI=1S/C15H18ClNO4/c1-2-10-6-7-15(8-10,14(18)19)9-11-12(16)4-3-5-13(11)17(20)21/h3-5,10H,2,6-9H2,1H3,(H,18,19). The van der Waals surface area contributed by atoms with Crippen molar-refractivity contribution >= 4 is 23.3 Å². The summed E-state index contributed by atoms with van der Waals surface area (Å²) in [7, 11) is 0. The van der Waals surface area contributed by atoms with Crippen LogP contribution in [0.25, 0.3) is 0 Å². The molecular weight excluding hydrogens is 294 g/mol. The molecule has 1 saturated carbocycles. The molecule has 1 aromatic rings. The summed E-state index contributed by atoms with van der Waals surface area (Å²) in [5.74, 6) is -0.518. The summed E-state index contributed by atoms with van der Waals surface area (Å²) in [6.45, 7) is 2.04. The molecule has 2 unspecified atom stereocenters. The highest BCUT2D eigenvalue weighted by Gasteiger charge is 2.46. The zero-order valence-electron chi connectivity index (χ0n) is 11.8. The Bertz CT molecular complexity index is 575. The van der Waals surface area contributed by atoms with Crippen LogP contribution in [0.3, 0.4) is 0 Å². The second-order valence-corrected chi connectivity index (χ2v) is 6.18. The normalized spacial score (nSPS) is 25.0. The van der Waals surface area contributed by atoms with Gasteiger partial charge >= 0.3 is 5.97 Å². The Kier molecular flexibility index (Phi) is 4.52. The Morgan fingerprint density at radius 3 is 2.81 bits per heavy atom. The van der Waals surface area contributed by atoms with Crippen LogP contribution in [0, 0.1) is 21.4 Å². The smallest absolute Gasteiger partial charge is 0.309 e. The van der Waals surface area contributed by atoms with E-state index in [4.69, 9.17) is 11.6 Å². The molecular formula is C15H18ClNO4. The average Bonchev–Trinajstić information content (AvgIpc) is 2.85. The lowest BCUT2D eigenvalue weighted by molar-refractivity contribution is -0.385. The predicted octanol–water partition coefficient (Wildman–Crippen LogP) is 4.07. The minimum absolute atomic E-state index is 0.0944. The molecule has 1 aliphatic carbocycles. The number of halogens is 1. The van der Waals surface area contributed by atoms with Gasteiger partial charge in [-0.25, -0.2) is 0 Å². The van der Waals surface area contributed by atoms with Crippen molar-refractivity contribution in [2.45, 2.75) is 39.0 Å². The highest BCUT2D eigenvalue weighted by Crippen LogP contribution is 2.47. The molecule has 2 rings (SSSR count). The average molecular weight is 312 g/mol. The van der Waals surface area contributed by atoms with Gasteiger partial charge in [0.25, 0.3) is 5.69 Å². The van der Waals surface area contributed by atoms with Gasteiger partial charge in [-0.05, 0) is 37.7 Å². The van der Waals surface area contributed by atoms with Crippen molar-refractivity contribution in [2.24, 2.45) is 11.3 Å². The van der Waals surface area contributed by atoms with Crippen molar-refractivity contribution in [1.82, 2.24) is 0 Å². The van der Waals surface area contributed by atoms with E-state index in [9.17, 15) is 20.0 Å². The number of benzene rings is 1. The van der Waals surface area contributed by atoms with Gasteiger partial charge in [-0.1, -0.05) is 31.0 Å². The van der Waals surface area contributed by atoms with Gasteiger partial charge < -0.3 is 5.11 Å². The van der Waals surface area contributed by atoms with Crippen LogP contribution in [-0.2, 0) is 11.2 Å². The van der Waals surface area contributed by atoms with E-state index in [1.807, 2.05) is 6.92 Å². The van der Waals surface area contributed by atoms with E-state index in [0.29, 0.717) is 24.3 Å². The van der Waals surface area contributed by atoms with Crippen LogP contribution < -0.4 is 0 Å². The van der Waals surface area contributed by atoms with E-state index < -0.39 is 16.3 Å². The monoisotopic (exact) mass is 311 g/mol. The first-order valence-electron chi connectivity index (χ1n) is 7.05. The van der Waals surface area contributed by atoms with Crippen molar-refractivity contribution in [3.05, 3.63) is 38.9 Å². The summed E-state index contributed by atoms with van der Waals surface area (Å²) in [5.41, 5.74) is -0.692. The third-order valence-electron chi connectivity index (χ3n) is 4.55. The van der Waals surface area contributed by atoms with Crippen LogP contribution in [0.4, 0.5) is 5.69 Å². The van der Waals surface area contributed by atoms with Gasteiger partial charge in [0.2, 0.25) is 0 Å². The number of carboxylic acid groups (broad SMARTS) is 1. The summed E-state index contributed by atoms with van der Waals surface area (Å²) in [4.78, 5) is 22.4. The van der Waals surface area contributed by atoms with Gasteiger partial charge in [-0.15, -0.1) is 0 Å². The SMILES string of the molecule is CCC1CCC(Cc2c(Cl)cccc2[N+](=O)[O-])(C(=O)O)C1.